The molecular weight excluding hydrogens is 398 g/mol. The summed E-state index contributed by atoms with van der Waals surface area (Å²) >= 11 is 0. The van der Waals surface area contributed by atoms with Crippen LogP contribution in [0.5, 0.6) is 0 Å². The van der Waals surface area contributed by atoms with Crippen molar-refractivity contribution in [2.75, 3.05) is 5.32 Å². The lowest BCUT2D eigenvalue weighted by molar-refractivity contribution is 0.124. The molecule has 2 aromatic heterocycles. The van der Waals surface area contributed by atoms with Crippen molar-refractivity contribution in [3.05, 3.63) is 36.7 Å². The van der Waals surface area contributed by atoms with Gasteiger partial charge < -0.3 is 15.0 Å². The number of hydrogen-bond acceptors (Lipinski definition) is 5. The fourth-order valence-electron chi connectivity index (χ4n) is 4.81. The first-order chi connectivity index (χ1) is 15.7. The van der Waals surface area contributed by atoms with E-state index in [0.29, 0.717) is 11.9 Å². The summed E-state index contributed by atoms with van der Waals surface area (Å²) in [6, 6.07) is 10.5. The minimum Gasteiger partial charge on any atom is -0.391 e. The van der Waals surface area contributed by atoms with Gasteiger partial charge in [0.1, 0.15) is 5.52 Å². The molecule has 2 atom stereocenters. The standard InChI is InChI=1S/C26H37N5O/c1-3-4-5-12-17-22(19(2)32)31-18-27-23-25(28-21-15-10-7-11-16-21)29-24(30-26(23)31)20-13-8-6-9-14-20/h6,8-9,13-14,18-19,21-22,32H,3-5,7,10-12,15-17H2,1-2H3,(H,28,29,30)/t19-,22+/m1/s1. The number of anilines is 1. The maximum Gasteiger partial charge on any atom is 0.166 e. The lowest BCUT2D eigenvalue weighted by Gasteiger charge is -2.24. The quantitative estimate of drug-likeness (QED) is 0.375. The third-order valence-electron chi connectivity index (χ3n) is 6.67. The first-order valence-electron chi connectivity index (χ1n) is 12.4. The Balaban J connectivity index is 1.73. The molecule has 0 radical (unpaired) electrons. The summed E-state index contributed by atoms with van der Waals surface area (Å²) in [5.74, 6) is 1.52. The number of aliphatic hydroxyl groups is 1. The van der Waals surface area contributed by atoms with Crippen LogP contribution in [0.25, 0.3) is 22.6 Å². The van der Waals surface area contributed by atoms with Gasteiger partial charge in [-0.1, -0.05) is 82.2 Å². The monoisotopic (exact) mass is 435 g/mol. The minimum atomic E-state index is -0.473. The van der Waals surface area contributed by atoms with Crippen molar-refractivity contribution in [2.45, 2.75) is 96.2 Å². The average Bonchev–Trinajstić information content (AvgIpc) is 3.24. The van der Waals surface area contributed by atoms with Crippen LogP contribution in [0, 0.1) is 0 Å². The molecule has 0 aliphatic heterocycles. The van der Waals surface area contributed by atoms with Crippen LogP contribution >= 0.6 is 0 Å². The van der Waals surface area contributed by atoms with Gasteiger partial charge >= 0.3 is 0 Å². The average molecular weight is 436 g/mol. The summed E-state index contributed by atoms with van der Waals surface area (Å²) in [6.45, 7) is 4.09. The highest BCUT2D eigenvalue weighted by Gasteiger charge is 2.24. The van der Waals surface area contributed by atoms with E-state index in [0.717, 1.165) is 35.4 Å². The molecule has 1 aromatic carbocycles. The predicted molar refractivity (Wildman–Crippen MR) is 131 cm³/mol. The second-order valence-electron chi connectivity index (χ2n) is 9.22. The first-order valence-corrected chi connectivity index (χ1v) is 12.4. The molecule has 1 aliphatic carbocycles. The Morgan fingerprint density at radius 1 is 1.06 bits per heavy atom. The van der Waals surface area contributed by atoms with E-state index in [2.05, 4.69) is 16.8 Å². The smallest absolute Gasteiger partial charge is 0.166 e. The molecule has 0 amide bonds. The van der Waals surface area contributed by atoms with Crippen LogP contribution in [0.3, 0.4) is 0 Å². The highest BCUT2D eigenvalue weighted by Crippen LogP contribution is 2.31. The number of imidazole rings is 1. The number of nitrogens with zero attached hydrogens (tertiary/aromatic N) is 4. The van der Waals surface area contributed by atoms with Gasteiger partial charge in [0.15, 0.2) is 17.3 Å². The van der Waals surface area contributed by atoms with Gasteiger partial charge in [-0.05, 0) is 26.2 Å². The van der Waals surface area contributed by atoms with Gasteiger partial charge in [0, 0.05) is 11.6 Å². The van der Waals surface area contributed by atoms with Gasteiger partial charge in [0.25, 0.3) is 0 Å². The number of nitrogens with one attached hydrogen (secondary N) is 1. The summed E-state index contributed by atoms with van der Waals surface area (Å²) in [5.41, 5.74) is 2.60. The van der Waals surface area contributed by atoms with E-state index in [4.69, 9.17) is 15.0 Å². The molecule has 172 valence electrons. The van der Waals surface area contributed by atoms with Gasteiger partial charge in [-0.2, -0.15) is 0 Å². The van der Waals surface area contributed by atoms with E-state index in [9.17, 15) is 5.11 Å². The molecule has 3 aromatic rings. The molecule has 2 N–H and O–H groups in total. The summed E-state index contributed by atoms with van der Waals surface area (Å²) in [5, 5.41) is 14.3. The number of unbranched alkanes of at least 4 members (excludes halogenated alkanes) is 3. The third kappa shape index (κ3) is 5.29. The molecule has 2 heterocycles. The van der Waals surface area contributed by atoms with E-state index >= 15 is 0 Å². The van der Waals surface area contributed by atoms with E-state index < -0.39 is 6.10 Å². The Bertz CT molecular complexity index is 979. The Hall–Kier alpha value is -2.47. The maximum absolute atomic E-state index is 10.6. The van der Waals surface area contributed by atoms with Crippen molar-refractivity contribution in [3.63, 3.8) is 0 Å². The summed E-state index contributed by atoms with van der Waals surface area (Å²) in [7, 11) is 0. The molecule has 6 nitrogen and oxygen atoms in total. The van der Waals surface area contributed by atoms with Crippen molar-refractivity contribution in [2.24, 2.45) is 0 Å². The van der Waals surface area contributed by atoms with E-state index in [1.807, 2.05) is 43.6 Å². The number of rotatable bonds is 10. The van der Waals surface area contributed by atoms with E-state index in [1.165, 1.54) is 51.4 Å². The zero-order valence-corrected chi connectivity index (χ0v) is 19.5. The van der Waals surface area contributed by atoms with Crippen LogP contribution in [-0.4, -0.2) is 36.8 Å². The van der Waals surface area contributed by atoms with Crippen molar-refractivity contribution < 1.29 is 5.11 Å². The Kier molecular flexibility index (Phi) is 7.74. The third-order valence-corrected chi connectivity index (χ3v) is 6.67. The number of hydrogen-bond donors (Lipinski definition) is 2. The zero-order valence-electron chi connectivity index (χ0n) is 19.5. The second-order valence-corrected chi connectivity index (χ2v) is 9.22. The molecule has 6 heteroatoms. The fourth-order valence-corrected chi connectivity index (χ4v) is 4.81. The minimum absolute atomic E-state index is 0.0436. The number of benzene rings is 1. The number of aromatic nitrogens is 4. The van der Waals surface area contributed by atoms with E-state index in [-0.39, 0.29) is 6.04 Å². The number of fused-ring (bicyclic) bond motifs is 1. The van der Waals surface area contributed by atoms with Gasteiger partial charge in [-0.3, -0.25) is 0 Å². The molecular formula is C26H37N5O. The molecule has 4 rings (SSSR count). The van der Waals surface area contributed by atoms with Crippen LogP contribution in [0.1, 0.15) is 84.1 Å². The molecule has 0 bridgehead atoms. The highest BCUT2D eigenvalue weighted by atomic mass is 16.3. The Labute approximate surface area is 191 Å². The van der Waals surface area contributed by atoms with Crippen molar-refractivity contribution >= 4 is 17.0 Å². The maximum atomic E-state index is 10.6. The lowest BCUT2D eigenvalue weighted by atomic mass is 9.95. The molecule has 0 saturated heterocycles. The predicted octanol–water partition coefficient (Wildman–Crippen LogP) is 6.13. The largest absolute Gasteiger partial charge is 0.391 e. The zero-order chi connectivity index (χ0) is 22.3. The topological polar surface area (TPSA) is 75.9 Å². The van der Waals surface area contributed by atoms with Gasteiger partial charge in [0.05, 0.1) is 18.5 Å². The Morgan fingerprint density at radius 2 is 1.84 bits per heavy atom. The fraction of sp³-hybridized carbons (Fsp3) is 0.577. The Morgan fingerprint density at radius 3 is 2.56 bits per heavy atom. The summed E-state index contributed by atoms with van der Waals surface area (Å²) in [4.78, 5) is 14.6. The van der Waals surface area contributed by atoms with Gasteiger partial charge in [0.2, 0.25) is 0 Å². The van der Waals surface area contributed by atoms with Crippen LogP contribution in [0.15, 0.2) is 36.7 Å². The van der Waals surface area contributed by atoms with Gasteiger partial charge in [-0.25, -0.2) is 15.0 Å². The SMILES string of the molecule is CCCCCC[C@@H]([C@@H](C)O)n1cnc2c(NC3CCCCC3)nc(-c3ccccc3)nc21. The molecule has 0 spiro atoms. The molecule has 32 heavy (non-hydrogen) atoms. The molecule has 1 saturated carbocycles. The second kappa shape index (κ2) is 10.9. The first kappa shape index (κ1) is 22.7. The highest BCUT2D eigenvalue weighted by molar-refractivity contribution is 5.85. The van der Waals surface area contributed by atoms with Crippen molar-refractivity contribution in [3.8, 4) is 11.4 Å². The van der Waals surface area contributed by atoms with Crippen LogP contribution in [0.2, 0.25) is 0 Å². The van der Waals surface area contributed by atoms with E-state index in [1.54, 1.807) is 0 Å². The lowest BCUT2D eigenvalue weighted by Crippen LogP contribution is -2.24. The molecule has 1 aliphatic rings. The van der Waals surface area contributed by atoms with Crippen LogP contribution < -0.4 is 5.32 Å². The van der Waals surface area contributed by atoms with Crippen molar-refractivity contribution in [1.29, 1.82) is 0 Å². The molecule has 1 fully saturated rings. The molecule has 0 unspecified atom stereocenters. The van der Waals surface area contributed by atoms with Crippen LogP contribution in [0.4, 0.5) is 5.82 Å². The summed E-state index contributed by atoms with van der Waals surface area (Å²) in [6.07, 6.45) is 13.2. The number of aliphatic hydroxyl groups excluding tert-OH is 1. The normalized spacial score (nSPS) is 16.8. The van der Waals surface area contributed by atoms with Crippen molar-refractivity contribution in [1.82, 2.24) is 19.5 Å². The summed E-state index contributed by atoms with van der Waals surface area (Å²) < 4.78 is 2.08. The van der Waals surface area contributed by atoms with Gasteiger partial charge in [-0.15, -0.1) is 0 Å². The van der Waals surface area contributed by atoms with Crippen LogP contribution in [-0.2, 0) is 0 Å².